The average Bonchev–Trinajstić information content (AvgIpc) is 2.79. The number of benzene rings is 1. The normalized spacial score (nSPS) is 14.3. The molecular formula is C14H19N3O2. The van der Waals surface area contributed by atoms with Crippen LogP contribution in [-0.4, -0.2) is 34.7 Å². The summed E-state index contributed by atoms with van der Waals surface area (Å²) in [5, 5.41) is 12.8. The standard InChI is InChI=1S/C14H19N3O2/c1-9(18)7-17-14(19)12(15)6-10-8-16-13-5-3-2-4-11(10)13/h2-5,8-9,12,16,18H,6-7,15H2,1H3,(H,17,19)/t9-,12+/m0/s1. The fourth-order valence-electron chi connectivity index (χ4n) is 2.01. The maximum Gasteiger partial charge on any atom is 0.237 e. The number of aliphatic hydroxyl groups excluding tert-OH is 1. The number of rotatable bonds is 5. The Morgan fingerprint density at radius 1 is 1.47 bits per heavy atom. The molecule has 0 spiro atoms. The van der Waals surface area contributed by atoms with Crippen LogP contribution in [0.1, 0.15) is 12.5 Å². The van der Waals surface area contributed by atoms with Crippen LogP contribution >= 0.6 is 0 Å². The Morgan fingerprint density at radius 2 is 2.21 bits per heavy atom. The van der Waals surface area contributed by atoms with E-state index in [-0.39, 0.29) is 12.5 Å². The third-order valence-electron chi connectivity index (χ3n) is 3.02. The van der Waals surface area contributed by atoms with Gasteiger partial charge in [-0.05, 0) is 25.0 Å². The van der Waals surface area contributed by atoms with Crippen LogP contribution in [0.5, 0.6) is 0 Å². The van der Waals surface area contributed by atoms with Crippen LogP contribution < -0.4 is 11.1 Å². The molecule has 2 atom stereocenters. The van der Waals surface area contributed by atoms with Gasteiger partial charge in [-0.15, -0.1) is 0 Å². The number of para-hydroxylation sites is 1. The first kappa shape index (κ1) is 13.6. The number of aliphatic hydroxyl groups is 1. The van der Waals surface area contributed by atoms with Crippen LogP contribution in [0, 0.1) is 0 Å². The second-order valence-electron chi connectivity index (χ2n) is 4.76. The van der Waals surface area contributed by atoms with E-state index in [1.165, 1.54) is 0 Å². The quantitative estimate of drug-likeness (QED) is 0.633. The molecule has 0 unspecified atom stereocenters. The van der Waals surface area contributed by atoms with Gasteiger partial charge >= 0.3 is 0 Å². The van der Waals surface area contributed by atoms with Gasteiger partial charge in [-0.1, -0.05) is 18.2 Å². The molecule has 5 N–H and O–H groups in total. The molecule has 5 nitrogen and oxygen atoms in total. The van der Waals surface area contributed by atoms with Crippen molar-refractivity contribution in [3.8, 4) is 0 Å². The Kier molecular flexibility index (Phi) is 4.19. The van der Waals surface area contributed by atoms with Crippen molar-refractivity contribution in [2.45, 2.75) is 25.5 Å². The first-order valence-corrected chi connectivity index (χ1v) is 6.34. The molecule has 1 heterocycles. The van der Waals surface area contributed by atoms with E-state index in [1.807, 2.05) is 30.5 Å². The molecule has 0 saturated carbocycles. The predicted molar refractivity (Wildman–Crippen MR) is 74.7 cm³/mol. The van der Waals surface area contributed by atoms with Crippen LogP contribution in [0.3, 0.4) is 0 Å². The highest BCUT2D eigenvalue weighted by atomic mass is 16.3. The molecule has 5 heteroatoms. The highest BCUT2D eigenvalue weighted by molar-refractivity contribution is 5.86. The lowest BCUT2D eigenvalue weighted by atomic mass is 10.1. The van der Waals surface area contributed by atoms with E-state index in [0.29, 0.717) is 6.42 Å². The number of aromatic nitrogens is 1. The summed E-state index contributed by atoms with van der Waals surface area (Å²) >= 11 is 0. The molecule has 0 fully saturated rings. The van der Waals surface area contributed by atoms with E-state index >= 15 is 0 Å². The second-order valence-corrected chi connectivity index (χ2v) is 4.76. The van der Waals surface area contributed by atoms with Crippen molar-refractivity contribution in [3.63, 3.8) is 0 Å². The Balaban J connectivity index is 2.02. The molecule has 1 aromatic heterocycles. The summed E-state index contributed by atoms with van der Waals surface area (Å²) in [4.78, 5) is 14.9. The van der Waals surface area contributed by atoms with Gasteiger partial charge in [-0.3, -0.25) is 4.79 Å². The monoisotopic (exact) mass is 261 g/mol. The zero-order valence-electron chi connectivity index (χ0n) is 10.9. The molecule has 0 aliphatic carbocycles. The highest BCUT2D eigenvalue weighted by Gasteiger charge is 2.16. The topological polar surface area (TPSA) is 91.1 Å². The summed E-state index contributed by atoms with van der Waals surface area (Å²) in [7, 11) is 0. The van der Waals surface area contributed by atoms with Gasteiger partial charge < -0.3 is 21.1 Å². The van der Waals surface area contributed by atoms with Crippen LogP contribution in [0.2, 0.25) is 0 Å². The van der Waals surface area contributed by atoms with Gasteiger partial charge in [-0.25, -0.2) is 0 Å². The van der Waals surface area contributed by atoms with E-state index < -0.39 is 12.1 Å². The van der Waals surface area contributed by atoms with E-state index in [2.05, 4.69) is 10.3 Å². The van der Waals surface area contributed by atoms with Crippen molar-refractivity contribution in [2.75, 3.05) is 6.54 Å². The molecule has 2 rings (SSSR count). The minimum atomic E-state index is -0.613. The molecule has 0 saturated heterocycles. The summed E-state index contributed by atoms with van der Waals surface area (Å²) in [6.07, 6.45) is 1.78. The lowest BCUT2D eigenvalue weighted by Gasteiger charge is -2.12. The fourth-order valence-corrected chi connectivity index (χ4v) is 2.01. The molecule has 0 bridgehead atoms. The van der Waals surface area contributed by atoms with Crippen molar-refractivity contribution < 1.29 is 9.90 Å². The van der Waals surface area contributed by atoms with Gasteiger partial charge in [0.15, 0.2) is 0 Å². The molecule has 0 aliphatic heterocycles. The van der Waals surface area contributed by atoms with Crippen LogP contribution in [-0.2, 0) is 11.2 Å². The van der Waals surface area contributed by atoms with Crippen molar-refractivity contribution in [2.24, 2.45) is 5.73 Å². The molecule has 102 valence electrons. The van der Waals surface area contributed by atoms with E-state index in [4.69, 9.17) is 10.8 Å². The fraction of sp³-hybridized carbons (Fsp3) is 0.357. The Morgan fingerprint density at radius 3 is 2.95 bits per heavy atom. The summed E-state index contributed by atoms with van der Waals surface area (Å²) in [5.41, 5.74) is 7.94. The summed E-state index contributed by atoms with van der Waals surface area (Å²) < 4.78 is 0. The van der Waals surface area contributed by atoms with E-state index in [9.17, 15) is 4.79 Å². The number of H-pyrrole nitrogens is 1. The number of fused-ring (bicyclic) bond motifs is 1. The molecule has 0 aliphatic rings. The van der Waals surface area contributed by atoms with Crippen molar-refractivity contribution in [1.29, 1.82) is 0 Å². The summed E-state index contributed by atoms with van der Waals surface area (Å²) in [5.74, 6) is -0.244. The van der Waals surface area contributed by atoms with Crippen LogP contribution in [0.4, 0.5) is 0 Å². The molecular weight excluding hydrogens is 242 g/mol. The highest BCUT2D eigenvalue weighted by Crippen LogP contribution is 2.18. The summed E-state index contributed by atoms with van der Waals surface area (Å²) in [6, 6.07) is 7.29. The van der Waals surface area contributed by atoms with Crippen molar-refractivity contribution in [1.82, 2.24) is 10.3 Å². The lowest BCUT2D eigenvalue weighted by molar-refractivity contribution is -0.122. The third-order valence-corrected chi connectivity index (χ3v) is 3.02. The maximum atomic E-state index is 11.8. The van der Waals surface area contributed by atoms with Gasteiger partial charge in [0.1, 0.15) is 0 Å². The van der Waals surface area contributed by atoms with Gasteiger partial charge in [0.05, 0.1) is 12.1 Å². The molecule has 2 aromatic rings. The van der Waals surface area contributed by atoms with Crippen LogP contribution in [0.25, 0.3) is 10.9 Å². The molecule has 1 aromatic carbocycles. The summed E-state index contributed by atoms with van der Waals surface area (Å²) in [6.45, 7) is 1.84. The zero-order valence-corrected chi connectivity index (χ0v) is 10.9. The minimum Gasteiger partial charge on any atom is -0.392 e. The Labute approximate surface area is 111 Å². The first-order chi connectivity index (χ1) is 9.08. The molecule has 19 heavy (non-hydrogen) atoms. The number of amides is 1. The predicted octanol–water partition coefficient (Wildman–Crippen LogP) is 0.535. The van der Waals surface area contributed by atoms with Crippen molar-refractivity contribution in [3.05, 3.63) is 36.0 Å². The second kappa shape index (κ2) is 5.86. The average molecular weight is 261 g/mol. The molecule has 1 amide bonds. The van der Waals surface area contributed by atoms with Crippen molar-refractivity contribution >= 4 is 16.8 Å². The van der Waals surface area contributed by atoms with Gasteiger partial charge in [0, 0.05) is 23.6 Å². The number of carbonyl (C=O) groups excluding carboxylic acids is 1. The Bertz CT molecular complexity index is 563. The third kappa shape index (κ3) is 3.33. The van der Waals surface area contributed by atoms with E-state index in [1.54, 1.807) is 6.92 Å². The first-order valence-electron chi connectivity index (χ1n) is 6.34. The Hall–Kier alpha value is -1.85. The van der Waals surface area contributed by atoms with Crippen LogP contribution in [0.15, 0.2) is 30.5 Å². The lowest BCUT2D eigenvalue weighted by Crippen LogP contribution is -2.44. The minimum absolute atomic E-state index is 0.223. The number of carbonyl (C=O) groups is 1. The SMILES string of the molecule is C[C@H](O)CNC(=O)[C@H](N)Cc1c[nH]c2ccccc12. The number of aromatic amines is 1. The number of hydrogen-bond donors (Lipinski definition) is 4. The van der Waals surface area contributed by atoms with Gasteiger partial charge in [-0.2, -0.15) is 0 Å². The van der Waals surface area contributed by atoms with Gasteiger partial charge in [0.25, 0.3) is 0 Å². The molecule has 0 radical (unpaired) electrons. The van der Waals surface area contributed by atoms with E-state index in [0.717, 1.165) is 16.5 Å². The maximum absolute atomic E-state index is 11.8. The number of nitrogens with one attached hydrogen (secondary N) is 2. The smallest absolute Gasteiger partial charge is 0.237 e. The largest absolute Gasteiger partial charge is 0.392 e. The number of hydrogen-bond acceptors (Lipinski definition) is 3. The number of nitrogens with two attached hydrogens (primary N) is 1. The zero-order chi connectivity index (χ0) is 13.8. The van der Waals surface area contributed by atoms with Gasteiger partial charge in [0.2, 0.25) is 5.91 Å².